The summed E-state index contributed by atoms with van der Waals surface area (Å²) in [6.45, 7) is 6.01. The summed E-state index contributed by atoms with van der Waals surface area (Å²) in [5.41, 5.74) is 0.437. The van der Waals surface area contributed by atoms with Crippen LogP contribution in [0.5, 0.6) is 0 Å². The molecule has 0 bridgehead atoms. The Hall–Kier alpha value is -2.05. The van der Waals surface area contributed by atoms with E-state index in [0.29, 0.717) is 11.5 Å². The number of nitrogens with zero attached hydrogens (tertiary/aromatic N) is 2. The largest absolute Gasteiger partial charge is 0.479 e. The molecule has 0 fully saturated rings. The van der Waals surface area contributed by atoms with Crippen molar-refractivity contribution in [3.63, 3.8) is 0 Å². The molecule has 0 saturated carbocycles. The SMILES string of the molecule is CC(C)CC(C)NC(=O)NC(C(=O)O)c1cnn(C)c1. The molecule has 1 aromatic rings. The first-order chi connectivity index (χ1) is 9.29. The minimum Gasteiger partial charge on any atom is -0.479 e. The van der Waals surface area contributed by atoms with Gasteiger partial charge < -0.3 is 15.7 Å². The first-order valence-corrected chi connectivity index (χ1v) is 6.58. The van der Waals surface area contributed by atoms with Gasteiger partial charge in [-0.15, -0.1) is 0 Å². The van der Waals surface area contributed by atoms with E-state index in [0.717, 1.165) is 6.42 Å². The summed E-state index contributed by atoms with van der Waals surface area (Å²) in [6.07, 6.45) is 3.82. The van der Waals surface area contributed by atoms with Crippen LogP contribution in [0.1, 0.15) is 38.8 Å². The van der Waals surface area contributed by atoms with E-state index in [2.05, 4.69) is 29.6 Å². The number of carbonyl (C=O) groups excluding carboxylic acids is 1. The topological polar surface area (TPSA) is 96.2 Å². The fourth-order valence-electron chi connectivity index (χ4n) is 2.04. The lowest BCUT2D eigenvalue weighted by molar-refractivity contribution is -0.139. The van der Waals surface area contributed by atoms with Crippen molar-refractivity contribution in [1.82, 2.24) is 20.4 Å². The monoisotopic (exact) mass is 282 g/mol. The van der Waals surface area contributed by atoms with Gasteiger partial charge in [0, 0.05) is 24.8 Å². The molecule has 0 saturated heterocycles. The van der Waals surface area contributed by atoms with Gasteiger partial charge >= 0.3 is 12.0 Å². The molecule has 1 heterocycles. The fraction of sp³-hybridized carbons (Fsp3) is 0.615. The summed E-state index contributed by atoms with van der Waals surface area (Å²) < 4.78 is 1.49. The summed E-state index contributed by atoms with van der Waals surface area (Å²) in [4.78, 5) is 23.0. The van der Waals surface area contributed by atoms with E-state index in [1.54, 1.807) is 13.2 Å². The van der Waals surface area contributed by atoms with Crippen LogP contribution in [0.4, 0.5) is 4.79 Å². The van der Waals surface area contributed by atoms with Crippen molar-refractivity contribution in [2.24, 2.45) is 13.0 Å². The Morgan fingerprint density at radius 2 is 2.00 bits per heavy atom. The Morgan fingerprint density at radius 1 is 1.35 bits per heavy atom. The van der Waals surface area contributed by atoms with Crippen molar-refractivity contribution >= 4 is 12.0 Å². The summed E-state index contributed by atoms with van der Waals surface area (Å²) in [5, 5.41) is 18.3. The van der Waals surface area contributed by atoms with E-state index in [-0.39, 0.29) is 6.04 Å². The molecular weight excluding hydrogens is 260 g/mol. The second-order valence-electron chi connectivity index (χ2n) is 5.37. The number of carboxylic acid groups (broad SMARTS) is 1. The van der Waals surface area contributed by atoms with E-state index in [4.69, 9.17) is 0 Å². The summed E-state index contributed by atoms with van der Waals surface area (Å²) in [6, 6.07) is -1.61. The normalized spacial score (nSPS) is 13.8. The summed E-state index contributed by atoms with van der Waals surface area (Å²) in [5.74, 6) is -0.663. The molecule has 0 aromatic carbocycles. The molecule has 3 N–H and O–H groups in total. The van der Waals surface area contributed by atoms with Crippen LogP contribution >= 0.6 is 0 Å². The highest BCUT2D eigenvalue weighted by atomic mass is 16.4. The molecule has 0 aliphatic rings. The van der Waals surface area contributed by atoms with Crippen molar-refractivity contribution in [1.29, 1.82) is 0 Å². The van der Waals surface area contributed by atoms with Gasteiger partial charge in [0.15, 0.2) is 6.04 Å². The van der Waals surface area contributed by atoms with Gasteiger partial charge in [-0.05, 0) is 19.3 Å². The number of hydrogen-bond donors (Lipinski definition) is 3. The highest BCUT2D eigenvalue weighted by molar-refractivity contribution is 5.83. The standard InChI is InChI=1S/C13H22N4O3/c1-8(2)5-9(3)15-13(20)16-11(12(18)19)10-6-14-17(4)7-10/h6-9,11H,5H2,1-4H3,(H,18,19)(H2,15,16,20). The third-order valence-corrected chi connectivity index (χ3v) is 2.78. The van der Waals surface area contributed by atoms with Gasteiger partial charge in [-0.3, -0.25) is 4.68 Å². The first kappa shape index (κ1) is 16.0. The smallest absolute Gasteiger partial charge is 0.331 e. The Morgan fingerprint density at radius 3 is 2.45 bits per heavy atom. The van der Waals surface area contributed by atoms with Crippen LogP contribution < -0.4 is 10.6 Å². The molecule has 0 spiro atoms. The van der Waals surface area contributed by atoms with Crippen LogP contribution in [-0.4, -0.2) is 32.9 Å². The lowest BCUT2D eigenvalue weighted by atomic mass is 10.1. The van der Waals surface area contributed by atoms with Crippen LogP contribution in [0, 0.1) is 5.92 Å². The Balaban J connectivity index is 2.63. The average Bonchev–Trinajstić information content (AvgIpc) is 2.70. The lowest BCUT2D eigenvalue weighted by Crippen LogP contribution is -2.44. The molecule has 0 radical (unpaired) electrons. The van der Waals surface area contributed by atoms with Gasteiger partial charge in [-0.25, -0.2) is 9.59 Å². The molecule has 20 heavy (non-hydrogen) atoms. The predicted octanol–water partition coefficient (Wildman–Crippen LogP) is 1.28. The van der Waals surface area contributed by atoms with Gasteiger partial charge in [-0.2, -0.15) is 5.10 Å². The molecule has 2 amide bonds. The Kier molecular flexibility index (Phi) is 5.54. The zero-order valence-corrected chi connectivity index (χ0v) is 12.3. The molecule has 112 valence electrons. The number of hydrogen-bond acceptors (Lipinski definition) is 3. The fourth-order valence-corrected chi connectivity index (χ4v) is 2.04. The average molecular weight is 282 g/mol. The summed E-state index contributed by atoms with van der Waals surface area (Å²) >= 11 is 0. The van der Waals surface area contributed by atoms with Gasteiger partial charge in [0.1, 0.15) is 0 Å². The zero-order chi connectivity index (χ0) is 15.3. The molecule has 0 aliphatic carbocycles. The van der Waals surface area contributed by atoms with Crippen molar-refractivity contribution in [2.75, 3.05) is 0 Å². The number of nitrogens with one attached hydrogen (secondary N) is 2. The number of aryl methyl sites for hydroxylation is 1. The van der Waals surface area contributed by atoms with Crippen LogP contribution in [0.2, 0.25) is 0 Å². The van der Waals surface area contributed by atoms with E-state index in [9.17, 15) is 14.7 Å². The maximum atomic E-state index is 11.8. The molecule has 2 atom stereocenters. The second-order valence-corrected chi connectivity index (χ2v) is 5.37. The van der Waals surface area contributed by atoms with Crippen LogP contribution in [0.15, 0.2) is 12.4 Å². The van der Waals surface area contributed by atoms with Crippen LogP contribution in [0.25, 0.3) is 0 Å². The van der Waals surface area contributed by atoms with Crippen molar-refractivity contribution in [3.05, 3.63) is 18.0 Å². The van der Waals surface area contributed by atoms with E-state index < -0.39 is 18.0 Å². The Bertz CT molecular complexity index is 470. The van der Waals surface area contributed by atoms with Gasteiger partial charge in [0.05, 0.1) is 6.20 Å². The quantitative estimate of drug-likeness (QED) is 0.732. The van der Waals surface area contributed by atoms with Crippen molar-refractivity contribution in [2.45, 2.75) is 39.3 Å². The Labute approximate surface area is 118 Å². The van der Waals surface area contributed by atoms with Crippen molar-refractivity contribution in [3.8, 4) is 0 Å². The first-order valence-electron chi connectivity index (χ1n) is 6.58. The molecule has 1 rings (SSSR count). The molecule has 1 aromatic heterocycles. The zero-order valence-electron chi connectivity index (χ0n) is 12.3. The van der Waals surface area contributed by atoms with E-state index in [1.165, 1.54) is 10.9 Å². The number of rotatable bonds is 6. The minimum atomic E-state index is -1.12. The molecular formula is C13H22N4O3. The van der Waals surface area contributed by atoms with Gasteiger partial charge in [-0.1, -0.05) is 13.8 Å². The highest BCUT2D eigenvalue weighted by Crippen LogP contribution is 2.12. The second kappa shape index (κ2) is 6.93. The van der Waals surface area contributed by atoms with Gasteiger partial charge in [0.2, 0.25) is 0 Å². The van der Waals surface area contributed by atoms with Crippen LogP contribution in [0.3, 0.4) is 0 Å². The summed E-state index contributed by atoms with van der Waals surface area (Å²) in [7, 11) is 1.69. The van der Waals surface area contributed by atoms with Crippen molar-refractivity contribution < 1.29 is 14.7 Å². The maximum Gasteiger partial charge on any atom is 0.331 e. The minimum absolute atomic E-state index is 0.0154. The molecule has 7 nitrogen and oxygen atoms in total. The van der Waals surface area contributed by atoms with Crippen LogP contribution in [-0.2, 0) is 11.8 Å². The third-order valence-electron chi connectivity index (χ3n) is 2.78. The number of aromatic nitrogens is 2. The molecule has 0 aliphatic heterocycles. The third kappa shape index (κ3) is 4.91. The number of carboxylic acids is 1. The van der Waals surface area contributed by atoms with E-state index in [1.807, 2.05) is 6.92 Å². The number of amides is 2. The predicted molar refractivity (Wildman–Crippen MR) is 74.2 cm³/mol. The highest BCUT2D eigenvalue weighted by Gasteiger charge is 2.24. The molecule has 7 heteroatoms. The van der Waals surface area contributed by atoms with E-state index >= 15 is 0 Å². The van der Waals surface area contributed by atoms with Gasteiger partial charge in [0.25, 0.3) is 0 Å². The number of urea groups is 1. The molecule has 2 unspecified atom stereocenters. The maximum absolute atomic E-state index is 11.8. The number of carbonyl (C=O) groups is 2. The number of aliphatic carboxylic acids is 1. The lowest BCUT2D eigenvalue weighted by Gasteiger charge is -2.18.